The average Bonchev–Trinajstić information content (AvgIpc) is 2.36. The van der Waals surface area contributed by atoms with Crippen molar-refractivity contribution in [1.82, 2.24) is 5.32 Å². The van der Waals surface area contributed by atoms with E-state index in [2.05, 4.69) is 5.32 Å². The first-order chi connectivity index (χ1) is 8.99. The molecule has 5 heteroatoms. The summed E-state index contributed by atoms with van der Waals surface area (Å²) in [6.45, 7) is 1.48. The summed E-state index contributed by atoms with van der Waals surface area (Å²) in [5.74, 6) is -1.37. The molecule has 0 aliphatic heterocycles. The number of carbonyl (C=O) groups is 2. The maximum atomic E-state index is 11.8. The zero-order valence-corrected chi connectivity index (χ0v) is 11.1. The average molecular weight is 262 g/mol. The fraction of sp³-hybridized carbons (Fsp3) is 0.286. The Balaban J connectivity index is 2.55. The number of carboxylic acid groups (broad SMARTS) is 1. The summed E-state index contributed by atoms with van der Waals surface area (Å²) in [4.78, 5) is 23.3. The number of hydrogen-bond acceptors (Lipinski definition) is 3. The molecular weight excluding hydrogens is 244 g/mol. The number of likely N-dealkylation sites (N-methyl/N-ethyl adjacent to an activating group) is 1. The van der Waals surface area contributed by atoms with Crippen LogP contribution in [0.15, 0.2) is 30.3 Å². The highest BCUT2D eigenvalue weighted by Crippen LogP contribution is 2.06. The van der Waals surface area contributed by atoms with Crippen molar-refractivity contribution in [2.75, 3.05) is 27.2 Å². The van der Waals surface area contributed by atoms with Crippen LogP contribution in [-0.4, -0.2) is 39.1 Å². The third-order valence-corrected chi connectivity index (χ3v) is 2.50. The van der Waals surface area contributed by atoms with Gasteiger partial charge in [0.1, 0.15) is 0 Å². The van der Waals surface area contributed by atoms with Crippen molar-refractivity contribution in [3.8, 4) is 0 Å². The molecule has 0 saturated carbocycles. The zero-order valence-electron chi connectivity index (χ0n) is 11.1. The van der Waals surface area contributed by atoms with Crippen molar-refractivity contribution in [3.63, 3.8) is 0 Å². The molecule has 1 amide bonds. The fourth-order valence-corrected chi connectivity index (χ4v) is 1.44. The lowest BCUT2D eigenvalue weighted by Crippen LogP contribution is -3.06. The van der Waals surface area contributed by atoms with Crippen molar-refractivity contribution in [1.29, 1.82) is 0 Å². The number of carbonyl (C=O) groups excluding carboxylic acids is 2. The van der Waals surface area contributed by atoms with Crippen LogP contribution in [0.5, 0.6) is 0 Å². The predicted molar refractivity (Wildman–Crippen MR) is 70.5 cm³/mol. The topological polar surface area (TPSA) is 73.7 Å². The normalized spacial score (nSPS) is 10.9. The third kappa shape index (κ3) is 5.83. The summed E-state index contributed by atoms with van der Waals surface area (Å²) in [5.41, 5.74) is 1.26. The first-order valence-corrected chi connectivity index (χ1v) is 6.05. The highest BCUT2D eigenvalue weighted by molar-refractivity contribution is 5.94. The molecule has 2 N–H and O–H groups in total. The van der Waals surface area contributed by atoms with Crippen molar-refractivity contribution in [3.05, 3.63) is 41.5 Å². The number of nitrogens with one attached hydrogen (secondary N) is 2. The Bertz CT molecular complexity index is 464. The molecular formula is C14H18N2O3. The Kier molecular flexibility index (Phi) is 5.75. The molecule has 0 aliphatic rings. The van der Waals surface area contributed by atoms with E-state index in [9.17, 15) is 14.7 Å². The molecule has 0 atom stereocenters. The Morgan fingerprint density at radius 1 is 1.26 bits per heavy atom. The van der Waals surface area contributed by atoms with Crippen LogP contribution in [0.2, 0.25) is 0 Å². The molecule has 102 valence electrons. The summed E-state index contributed by atoms with van der Waals surface area (Å²) in [7, 11) is 4.04. The maximum Gasteiger partial charge on any atom is 0.251 e. The van der Waals surface area contributed by atoms with Gasteiger partial charge in [-0.05, 0) is 23.8 Å². The number of benzene rings is 1. The number of hydrogen-bond donors (Lipinski definition) is 2. The van der Waals surface area contributed by atoms with Crippen LogP contribution < -0.4 is 15.3 Å². The van der Waals surface area contributed by atoms with Crippen LogP contribution in [-0.2, 0) is 4.79 Å². The summed E-state index contributed by atoms with van der Waals surface area (Å²) >= 11 is 0. The van der Waals surface area contributed by atoms with Gasteiger partial charge in [0.25, 0.3) is 5.91 Å². The van der Waals surface area contributed by atoms with Gasteiger partial charge in [-0.3, -0.25) is 4.79 Å². The number of rotatable bonds is 6. The quantitative estimate of drug-likeness (QED) is 0.602. The summed E-state index contributed by atoms with van der Waals surface area (Å²) in [6.07, 6.45) is 2.38. The van der Waals surface area contributed by atoms with E-state index < -0.39 is 5.97 Å². The highest BCUT2D eigenvalue weighted by atomic mass is 16.4. The van der Waals surface area contributed by atoms with Crippen molar-refractivity contribution in [2.45, 2.75) is 0 Å². The second-order valence-electron chi connectivity index (χ2n) is 4.49. The van der Waals surface area contributed by atoms with Crippen LogP contribution in [0.1, 0.15) is 15.9 Å². The minimum Gasteiger partial charge on any atom is -0.545 e. The van der Waals surface area contributed by atoms with E-state index in [0.717, 1.165) is 12.6 Å². The molecule has 0 spiro atoms. The first-order valence-electron chi connectivity index (χ1n) is 6.05. The van der Waals surface area contributed by atoms with E-state index >= 15 is 0 Å². The van der Waals surface area contributed by atoms with E-state index in [1.165, 1.54) is 11.0 Å². The number of quaternary nitrogens is 1. The SMILES string of the molecule is C[NH+](C)CCNC(=O)c1ccc(/C=C/C(=O)[O-])cc1. The van der Waals surface area contributed by atoms with Gasteiger partial charge >= 0.3 is 0 Å². The molecule has 0 heterocycles. The van der Waals surface area contributed by atoms with Crippen molar-refractivity contribution >= 4 is 18.0 Å². The highest BCUT2D eigenvalue weighted by Gasteiger charge is 2.04. The van der Waals surface area contributed by atoms with Gasteiger partial charge in [0, 0.05) is 5.56 Å². The summed E-state index contributed by atoms with van der Waals surface area (Å²) in [6, 6.07) is 6.69. The zero-order chi connectivity index (χ0) is 14.3. The molecule has 0 aromatic heterocycles. The summed E-state index contributed by atoms with van der Waals surface area (Å²) < 4.78 is 0. The second-order valence-corrected chi connectivity index (χ2v) is 4.49. The predicted octanol–water partition coefficient (Wildman–Crippen LogP) is -1.68. The van der Waals surface area contributed by atoms with Gasteiger partial charge < -0.3 is 20.1 Å². The molecule has 0 aliphatic carbocycles. The van der Waals surface area contributed by atoms with Crippen LogP contribution >= 0.6 is 0 Å². The molecule has 1 aromatic carbocycles. The standard InChI is InChI=1S/C14H18N2O3/c1-16(2)10-9-15-14(19)12-6-3-11(4-7-12)5-8-13(17)18/h3-8H,9-10H2,1-2H3,(H,15,19)(H,17,18)/b8-5+. The van der Waals surface area contributed by atoms with Gasteiger partial charge in [0.2, 0.25) is 0 Å². The van der Waals surface area contributed by atoms with Gasteiger partial charge in [-0.25, -0.2) is 0 Å². The summed E-state index contributed by atoms with van der Waals surface area (Å²) in [5, 5.41) is 13.1. The molecule has 1 rings (SSSR count). The molecule has 0 unspecified atom stereocenters. The Hall–Kier alpha value is -2.14. The minimum atomic E-state index is -1.24. The van der Waals surface area contributed by atoms with Gasteiger partial charge in [0.05, 0.1) is 33.2 Å². The lowest BCUT2D eigenvalue weighted by Gasteiger charge is -2.08. The molecule has 0 radical (unpaired) electrons. The van der Waals surface area contributed by atoms with Gasteiger partial charge in [0.15, 0.2) is 0 Å². The van der Waals surface area contributed by atoms with E-state index in [-0.39, 0.29) is 5.91 Å². The number of aliphatic carboxylic acids is 1. The number of carboxylic acids is 1. The molecule has 0 fully saturated rings. The molecule has 1 aromatic rings. The smallest absolute Gasteiger partial charge is 0.251 e. The third-order valence-electron chi connectivity index (χ3n) is 2.50. The first kappa shape index (κ1) is 14.9. The van der Waals surface area contributed by atoms with Crippen LogP contribution in [0.3, 0.4) is 0 Å². The number of amides is 1. The van der Waals surface area contributed by atoms with Crippen LogP contribution in [0, 0.1) is 0 Å². The van der Waals surface area contributed by atoms with Crippen molar-refractivity contribution < 1.29 is 19.6 Å². The Morgan fingerprint density at radius 3 is 2.42 bits per heavy atom. The molecule has 5 nitrogen and oxygen atoms in total. The van der Waals surface area contributed by atoms with Gasteiger partial charge in [-0.15, -0.1) is 0 Å². The molecule has 0 bridgehead atoms. The Labute approximate surface area is 112 Å². The van der Waals surface area contributed by atoms with E-state index in [4.69, 9.17) is 0 Å². The van der Waals surface area contributed by atoms with Crippen LogP contribution in [0.25, 0.3) is 6.08 Å². The lowest BCUT2D eigenvalue weighted by molar-refractivity contribution is -0.856. The van der Waals surface area contributed by atoms with Crippen molar-refractivity contribution in [2.24, 2.45) is 0 Å². The fourth-order valence-electron chi connectivity index (χ4n) is 1.44. The van der Waals surface area contributed by atoms with Gasteiger partial charge in [-0.1, -0.05) is 18.2 Å². The van der Waals surface area contributed by atoms with Crippen LogP contribution in [0.4, 0.5) is 0 Å². The Morgan fingerprint density at radius 2 is 1.89 bits per heavy atom. The monoisotopic (exact) mass is 262 g/mol. The molecule has 0 saturated heterocycles. The largest absolute Gasteiger partial charge is 0.545 e. The minimum absolute atomic E-state index is 0.128. The van der Waals surface area contributed by atoms with E-state index in [1.54, 1.807) is 24.3 Å². The van der Waals surface area contributed by atoms with E-state index in [0.29, 0.717) is 17.7 Å². The van der Waals surface area contributed by atoms with Gasteiger partial charge in [-0.2, -0.15) is 0 Å². The van der Waals surface area contributed by atoms with E-state index in [1.807, 2.05) is 14.1 Å². The lowest BCUT2D eigenvalue weighted by atomic mass is 10.1. The molecule has 19 heavy (non-hydrogen) atoms. The maximum absolute atomic E-state index is 11.8. The second kappa shape index (κ2) is 7.33.